The van der Waals surface area contributed by atoms with Gasteiger partial charge < -0.3 is 15.7 Å². The number of fused-ring (bicyclic) bond motifs is 2. The summed E-state index contributed by atoms with van der Waals surface area (Å²) >= 11 is 0. The average molecular weight is 353 g/mol. The summed E-state index contributed by atoms with van der Waals surface area (Å²) < 4.78 is 0. The van der Waals surface area contributed by atoms with E-state index in [2.05, 4.69) is 19.9 Å². The van der Waals surface area contributed by atoms with Crippen LogP contribution in [0.3, 0.4) is 0 Å². The summed E-state index contributed by atoms with van der Waals surface area (Å²) in [6.45, 7) is 0. The number of H-pyrrole nitrogens is 2. The van der Waals surface area contributed by atoms with Crippen molar-refractivity contribution in [3.63, 3.8) is 0 Å². The second-order valence-electron chi connectivity index (χ2n) is 6.25. The maximum Gasteiger partial charge on any atom is 0.139 e. The molecular formula is C20H15N7. The van der Waals surface area contributed by atoms with Crippen LogP contribution in [0.15, 0.2) is 60.9 Å². The minimum atomic E-state index is 0.0318. The van der Waals surface area contributed by atoms with Crippen molar-refractivity contribution in [3.8, 4) is 22.8 Å². The summed E-state index contributed by atoms with van der Waals surface area (Å²) in [6, 6.07) is 15.3. The van der Waals surface area contributed by atoms with Gasteiger partial charge in [-0.3, -0.25) is 10.4 Å². The molecule has 0 saturated heterocycles. The molecule has 3 aromatic heterocycles. The number of aromatic nitrogens is 5. The van der Waals surface area contributed by atoms with Crippen molar-refractivity contribution in [2.75, 3.05) is 0 Å². The second-order valence-corrected chi connectivity index (χ2v) is 6.25. The Morgan fingerprint density at radius 3 is 2.19 bits per heavy atom. The number of nitrogens with one attached hydrogen (secondary N) is 3. The largest absolute Gasteiger partial charge is 0.384 e. The number of amidine groups is 1. The molecule has 0 radical (unpaired) electrons. The van der Waals surface area contributed by atoms with E-state index in [0.29, 0.717) is 5.56 Å². The molecule has 5 aromatic rings. The third-order valence-electron chi connectivity index (χ3n) is 4.51. The molecule has 7 heteroatoms. The molecule has 130 valence electrons. The standard InChI is InChI=1S/C20H15N7/c21-18(22)11-5-6-14-16(9-11)26-19(24-14)12-3-1-2-4-13(12)20-25-15-7-8-23-10-17(15)27-20/h1-10H,(H3,21,22)(H,24,26)(H,25,27). The molecule has 5 N–H and O–H groups in total. The molecular weight excluding hydrogens is 338 g/mol. The van der Waals surface area contributed by atoms with Crippen LogP contribution in [0.1, 0.15) is 5.56 Å². The zero-order chi connectivity index (χ0) is 18.4. The van der Waals surface area contributed by atoms with E-state index in [0.717, 1.165) is 44.8 Å². The Bertz CT molecular complexity index is 1280. The Morgan fingerprint density at radius 2 is 1.52 bits per heavy atom. The number of nitrogen functional groups attached to an aromatic ring is 1. The van der Waals surface area contributed by atoms with Crippen LogP contribution >= 0.6 is 0 Å². The van der Waals surface area contributed by atoms with Crippen molar-refractivity contribution in [1.29, 1.82) is 5.41 Å². The first-order chi connectivity index (χ1) is 13.2. The molecule has 27 heavy (non-hydrogen) atoms. The third-order valence-corrected chi connectivity index (χ3v) is 4.51. The van der Waals surface area contributed by atoms with E-state index in [-0.39, 0.29) is 5.84 Å². The third kappa shape index (κ3) is 2.53. The lowest BCUT2D eigenvalue weighted by Crippen LogP contribution is -2.10. The molecule has 0 aliphatic rings. The van der Waals surface area contributed by atoms with Gasteiger partial charge in [0, 0.05) is 22.9 Å². The molecule has 0 bridgehead atoms. The molecule has 0 aliphatic heterocycles. The van der Waals surface area contributed by atoms with E-state index < -0.39 is 0 Å². The normalized spacial score (nSPS) is 11.3. The number of hydrogen-bond donors (Lipinski definition) is 4. The van der Waals surface area contributed by atoms with Gasteiger partial charge >= 0.3 is 0 Å². The lowest BCUT2D eigenvalue weighted by Gasteiger charge is -2.04. The highest BCUT2D eigenvalue weighted by Gasteiger charge is 2.14. The van der Waals surface area contributed by atoms with Crippen molar-refractivity contribution in [1.82, 2.24) is 24.9 Å². The highest BCUT2D eigenvalue weighted by molar-refractivity contribution is 5.98. The number of benzene rings is 2. The molecule has 0 saturated carbocycles. The summed E-state index contributed by atoms with van der Waals surface area (Å²) in [6.07, 6.45) is 3.49. The highest BCUT2D eigenvalue weighted by Crippen LogP contribution is 2.31. The summed E-state index contributed by atoms with van der Waals surface area (Å²) in [5.41, 5.74) is 11.5. The van der Waals surface area contributed by atoms with Gasteiger partial charge in [-0.25, -0.2) is 9.97 Å². The van der Waals surface area contributed by atoms with Crippen LogP contribution in [0.25, 0.3) is 44.8 Å². The Hall–Kier alpha value is -4.00. The van der Waals surface area contributed by atoms with Crippen molar-refractivity contribution < 1.29 is 0 Å². The zero-order valence-electron chi connectivity index (χ0n) is 14.2. The van der Waals surface area contributed by atoms with Crippen LogP contribution in [0, 0.1) is 5.41 Å². The number of aromatic amines is 2. The van der Waals surface area contributed by atoms with Crippen LogP contribution in [0.2, 0.25) is 0 Å². The first-order valence-electron chi connectivity index (χ1n) is 8.43. The molecule has 3 heterocycles. The second kappa shape index (κ2) is 5.77. The van der Waals surface area contributed by atoms with Gasteiger partial charge in [-0.1, -0.05) is 24.3 Å². The number of imidazole rings is 2. The Labute approximate surface area is 153 Å². The summed E-state index contributed by atoms with van der Waals surface area (Å²) in [5.74, 6) is 1.53. The van der Waals surface area contributed by atoms with Gasteiger partial charge in [-0.15, -0.1) is 0 Å². The fraction of sp³-hybridized carbons (Fsp3) is 0. The first-order valence-corrected chi connectivity index (χ1v) is 8.43. The van der Waals surface area contributed by atoms with Gasteiger partial charge in [-0.05, 0) is 24.3 Å². The smallest absolute Gasteiger partial charge is 0.139 e. The van der Waals surface area contributed by atoms with Gasteiger partial charge in [0.05, 0.1) is 28.3 Å². The van der Waals surface area contributed by atoms with E-state index in [4.69, 9.17) is 16.1 Å². The average Bonchev–Trinajstić information content (AvgIpc) is 3.31. The van der Waals surface area contributed by atoms with E-state index in [1.54, 1.807) is 18.5 Å². The van der Waals surface area contributed by atoms with Crippen molar-refractivity contribution in [2.24, 2.45) is 5.73 Å². The van der Waals surface area contributed by atoms with Gasteiger partial charge in [0.25, 0.3) is 0 Å². The molecule has 2 aromatic carbocycles. The number of rotatable bonds is 3. The molecule has 0 amide bonds. The monoisotopic (exact) mass is 353 g/mol. The molecule has 0 spiro atoms. The maximum absolute atomic E-state index is 7.61. The number of nitrogens with zero attached hydrogens (tertiary/aromatic N) is 3. The van der Waals surface area contributed by atoms with Crippen molar-refractivity contribution in [3.05, 3.63) is 66.5 Å². The van der Waals surface area contributed by atoms with Gasteiger partial charge in [0.15, 0.2) is 0 Å². The van der Waals surface area contributed by atoms with E-state index >= 15 is 0 Å². The minimum absolute atomic E-state index is 0.0318. The maximum atomic E-state index is 7.61. The quantitative estimate of drug-likeness (QED) is 0.293. The van der Waals surface area contributed by atoms with Crippen molar-refractivity contribution in [2.45, 2.75) is 0 Å². The van der Waals surface area contributed by atoms with Crippen LogP contribution in [-0.4, -0.2) is 30.8 Å². The topological polar surface area (TPSA) is 120 Å². The SMILES string of the molecule is N=C(N)c1ccc2nc(-c3ccccc3-c3nc4ccncc4[nH]3)[nH]c2c1. The Morgan fingerprint density at radius 1 is 0.852 bits per heavy atom. The summed E-state index contributed by atoms with van der Waals surface area (Å²) in [4.78, 5) is 20.2. The van der Waals surface area contributed by atoms with Crippen LogP contribution < -0.4 is 5.73 Å². The zero-order valence-corrected chi connectivity index (χ0v) is 14.2. The lowest BCUT2D eigenvalue weighted by molar-refractivity contribution is 1.30. The molecule has 0 atom stereocenters. The van der Waals surface area contributed by atoms with Gasteiger partial charge in [0.1, 0.15) is 17.5 Å². The van der Waals surface area contributed by atoms with Crippen molar-refractivity contribution >= 4 is 27.9 Å². The van der Waals surface area contributed by atoms with Crippen LogP contribution in [0.5, 0.6) is 0 Å². The van der Waals surface area contributed by atoms with Crippen LogP contribution in [0.4, 0.5) is 0 Å². The van der Waals surface area contributed by atoms with E-state index in [9.17, 15) is 0 Å². The number of hydrogen-bond acceptors (Lipinski definition) is 4. The molecule has 0 aliphatic carbocycles. The fourth-order valence-corrected chi connectivity index (χ4v) is 3.19. The predicted molar refractivity (Wildman–Crippen MR) is 105 cm³/mol. The fourth-order valence-electron chi connectivity index (χ4n) is 3.19. The molecule has 7 nitrogen and oxygen atoms in total. The lowest BCUT2D eigenvalue weighted by atomic mass is 10.1. The van der Waals surface area contributed by atoms with Gasteiger partial charge in [0.2, 0.25) is 0 Å². The van der Waals surface area contributed by atoms with Gasteiger partial charge in [-0.2, -0.15) is 0 Å². The molecule has 0 unspecified atom stereocenters. The number of nitrogens with two attached hydrogens (primary N) is 1. The Balaban J connectivity index is 1.67. The van der Waals surface area contributed by atoms with Crippen LogP contribution in [-0.2, 0) is 0 Å². The molecule has 0 fully saturated rings. The minimum Gasteiger partial charge on any atom is -0.384 e. The first kappa shape index (κ1) is 15.3. The number of pyridine rings is 1. The predicted octanol–water partition coefficient (Wildman–Crippen LogP) is 3.45. The summed E-state index contributed by atoms with van der Waals surface area (Å²) in [7, 11) is 0. The highest BCUT2D eigenvalue weighted by atomic mass is 14.9. The van der Waals surface area contributed by atoms with E-state index in [1.165, 1.54) is 0 Å². The Kier molecular flexibility index (Phi) is 3.26. The molecule has 5 rings (SSSR count). The summed E-state index contributed by atoms with van der Waals surface area (Å²) in [5, 5.41) is 7.61. The van der Waals surface area contributed by atoms with E-state index in [1.807, 2.05) is 42.5 Å².